The average molecular weight is 381 g/mol. The van der Waals surface area contributed by atoms with Crippen LogP contribution in [0.4, 0.5) is 0 Å². The molecule has 0 N–H and O–H groups in total. The van der Waals surface area contributed by atoms with Crippen LogP contribution < -0.4 is 0 Å². The molecule has 3 aromatic rings. The number of hydrogen-bond acceptors (Lipinski definition) is 4. The fourth-order valence-electron chi connectivity index (χ4n) is 3.78. The first-order valence-corrected chi connectivity index (χ1v) is 10.4. The van der Waals surface area contributed by atoms with Crippen molar-refractivity contribution in [2.24, 2.45) is 0 Å². The van der Waals surface area contributed by atoms with Gasteiger partial charge in [-0.15, -0.1) is 0 Å². The van der Waals surface area contributed by atoms with Gasteiger partial charge in [-0.2, -0.15) is 5.10 Å². The number of carbonyl (C=O) groups is 1. The Morgan fingerprint density at radius 3 is 2.89 bits per heavy atom. The van der Waals surface area contributed by atoms with Crippen molar-refractivity contribution in [2.45, 2.75) is 45.6 Å². The quantitative estimate of drug-likeness (QED) is 0.623. The fraction of sp³-hybridized carbons (Fsp3) is 0.381. The summed E-state index contributed by atoms with van der Waals surface area (Å²) in [5, 5.41) is 5.54. The Morgan fingerprint density at radius 1 is 1.30 bits per heavy atom. The second-order valence-corrected chi connectivity index (χ2v) is 8.11. The molecule has 5 nitrogen and oxygen atoms in total. The van der Waals surface area contributed by atoms with Crippen LogP contribution in [0.5, 0.6) is 0 Å². The number of rotatable bonds is 4. The lowest BCUT2D eigenvalue weighted by Gasteiger charge is -2.34. The van der Waals surface area contributed by atoms with Crippen LogP contribution in [0.1, 0.15) is 43.3 Å². The highest BCUT2D eigenvalue weighted by atomic mass is 32.1. The van der Waals surface area contributed by atoms with Gasteiger partial charge in [0.25, 0.3) is 0 Å². The first kappa shape index (κ1) is 17.9. The van der Waals surface area contributed by atoms with Crippen LogP contribution in [0.3, 0.4) is 0 Å². The Balaban J connectivity index is 1.70. The van der Waals surface area contributed by atoms with E-state index in [-0.39, 0.29) is 5.91 Å². The van der Waals surface area contributed by atoms with E-state index in [1.807, 2.05) is 52.7 Å². The van der Waals surface area contributed by atoms with E-state index in [1.54, 1.807) is 17.4 Å². The summed E-state index contributed by atoms with van der Waals surface area (Å²) in [6, 6.07) is 10.4. The summed E-state index contributed by atoms with van der Waals surface area (Å²) in [5.74, 6) is 0.0856. The van der Waals surface area contributed by atoms with Crippen molar-refractivity contribution >= 4 is 28.3 Å². The molecular weight excluding hydrogens is 356 g/mol. The van der Waals surface area contributed by atoms with Crippen LogP contribution in [-0.2, 0) is 4.79 Å². The number of piperidine rings is 1. The predicted molar refractivity (Wildman–Crippen MR) is 110 cm³/mol. The molecule has 0 saturated carbocycles. The summed E-state index contributed by atoms with van der Waals surface area (Å²) in [7, 11) is 0. The SMILES string of the molecule is CC[C@H]1CCCCN1C(=O)C=Cc1c(-c2ccccc2)nc2sc(C)nn12. The van der Waals surface area contributed by atoms with Crippen LogP contribution in [0.25, 0.3) is 22.3 Å². The summed E-state index contributed by atoms with van der Waals surface area (Å²) in [4.78, 5) is 20.5. The van der Waals surface area contributed by atoms with Gasteiger partial charge in [0.05, 0.1) is 11.4 Å². The summed E-state index contributed by atoms with van der Waals surface area (Å²) < 4.78 is 1.85. The zero-order valence-electron chi connectivity index (χ0n) is 15.8. The van der Waals surface area contributed by atoms with Crippen molar-refractivity contribution in [3.63, 3.8) is 0 Å². The minimum Gasteiger partial charge on any atom is -0.336 e. The number of carbonyl (C=O) groups excluding carboxylic acids is 1. The maximum atomic E-state index is 12.8. The average Bonchev–Trinajstić information content (AvgIpc) is 3.22. The van der Waals surface area contributed by atoms with Crippen molar-refractivity contribution < 1.29 is 4.79 Å². The molecule has 27 heavy (non-hydrogen) atoms. The minimum absolute atomic E-state index is 0.0856. The Morgan fingerprint density at radius 2 is 2.11 bits per heavy atom. The van der Waals surface area contributed by atoms with Gasteiger partial charge in [0.2, 0.25) is 10.9 Å². The Hall–Kier alpha value is -2.47. The monoisotopic (exact) mass is 380 g/mol. The molecule has 0 unspecified atom stereocenters. The highest BCUT2D eigenvalue weighted by molar-refractivity contribution is 7.16. The number of hydrogen-bond donors (Lipinski definition) is 0. The maximum absolute atomic E-state index is 12.8. The topological polar surface area (TPSA) is 50.5 Å². The predicted octanol–water partition coefficient (Wildman–Crippen LogP) is 4.57. The van der Waals surface area contributed by atoms with Gasteiger partial charge in [-0.25, -0.2) is 9.50 Å². The lowest BCUT2D eigenvalue weighted by atomic mass is 10.00. The van der Waals surface area contributed by atoms with E-state index < -0.39 is 0 Å². The van der Waals surface area contributed by atoms with Gasteiger partial charge in [-0.3, -0.25) is 4.79 Å². The van der Waals surface area contributed by atoms with Crippen molar-refractivity contribution in [3.05, 3.63) is 47.1 Å². The maximum Gasteiger partial charge on any atom is 0.246 e. The number of nitrogens with zero attached hydrogens (tertiary/aromatic N) is 4. The number of likely N-dealkylation sites (tertiary alicyclic amines) is 1. The third-order valence-electron chi connectivity index (χ3n) is 5.15. The molecule has 1 saturated heterocycles. The normalized spacial score (nSPS) is 17.9. The molecule has 2 aromatic heterocycles. The number of benzene rings is 1. The largest absolute Gasteiger partial charge is 0.336 e. The van der Waals surface area contributed by atoms with E-state index in [9.17, 15) is 4.79 Å². The molecule has 1 amide bonds. The van der Waals surface area contributed by atoms with Gasteiger partial charge in [0.1, 0.15) is 5.01 Å². The molecule has 1 atom stereocenters. The van der Waals surface area contributed by atoms with Crippen molar-refractivity contribution in [3.8, 4) is 11.3 Å². The van der Waals surface area contributed by atoms with Gasteiger partial charge < -0.3 is 4.90 Å². The van der Waals surface area contributed by atoms with Crippen LogP contribution in [0.15, 0.2) is 36.4 Å². The van der Waals surface area contributed by atoms with Gasteiger partial charge in [0.15, 0.2) is 0 Å². The molecule has 3 heterocycles. The molecule has 0 aliphatic carbocycles. The molecule has 0 radical (unpaired) electrons. The third-order valence-corrected chi connectivity index (χ3v) is 5.98. The van der Waals surface area contributed by atoms with Crippen LogP contribution in [-0.4, -0.2) is 38.0 Å². The molecule has 0 spiro atoms. The van der Waals surface area contributed by atoms with Gasteiger partial charge in [-0.1, -0.05) is 48.6 Å². The first-order valence-electron chi connectivity index (χ1n) is 9.57. The van der Waals surface area contributed by atoms with Gasteiger partial charge in [0, 0.05) is 24.2 Å². The second-order valence-electron chi connectivity index (χ2n) is 6.95. The highest BCUT2D eigenvalue weighted by Gasteiger charge is 2.24. The second kappa shape index (κ2) is 7.64. The molecular formula is C21H24N4OS. The Labute approximate surface area is 163 Å². The van der Waals surface area contributed by atoms with Crippen molar-refractivity contribution in [2.75, 3.05) is 6.54 Å². The van der Waals surface area contributed by atoms with E-state index in [0.717, 1.165) is 52.7 Å². The molecule has 1 fully saturated rings. The third kappa shape index (κ3) is 3.54. The van der Waals surface area contributed by atoms with Gasteiger partial charge in [-0.05, 0) is 38.7 Å². The van der Waals surface area contributed by atoms with E-state index in [1.165, 1.54) is 6.42 Å². The fourth-order valence-corrected chi connectivity index (χ4v) is 4.53. The summed E-state index contributed by atoms with van der Waals surface area (Å²) in [5.41, 5.74) is 2.76. The zero-order chi connectivity index (χ0) is 18.8. The number of aryl methyl sites for hydroxylation is 1. The standard InChI is InChI=1S/C21H24N4OS/c1-3-17-11-7-8-14-24(17)19(26)13-12-18-20(16-9-5-4-6-10-16)22-21-25(18)23-15(2)27-21/h4-6,9-10,12-13,17H,3,7-8,11,14H2,1-2H3/t17-/m0/s1. The lowest BCUT2D eigenvalue weighted by Crippen LogP contribution is -2.42. The molecule has 1 aliphatic heterocycles. The first-order chi connectivity index (χ1) is 13.2. The molecule has 0 bridgehead atoms. The molecule has 1 aromatic carbocycles. The van der Waals surface area contributed by atoms with Crippen LogP contribution in [0, 0.1) is 6.92 Å². The molecule has 140 valence electrons. The molecule has 6 heteroatoms. The molecule has 4 rings (SSSR count). The van der Waals surface area contributed by atoms with Crippen LogP contribution in [0.2, 0.25) is 0 Å². The smallest absolute Gasteiger partial charge is 0.246 e. The summed E-state index contributed by atoms with van der Waals surface area (Å²) in [6.45, 7) is 4.98. The highest BCUT2D eigenvalue weighted by Crippen LogP contribution is 2.28. The van der Waals surface area contributed by atoms with Gasteiger partial charge >= 0.3 is 0 Å². The van der Waals surface area contributed by atoms with Crippen molar-refractivity contribution in [1.29, 1.82) is 0 Å². The van der Waals surface area contributed by atoms with E-state index in [0.29, 0.717) is 6.04 Å². The minimum atomic E-state index is 0.0856. The van der Waals surface area contributed by atoms with E-state index in [2.05, 4.69) is 12.0 Å². The van der Waals surface area contributed by atoms with Crippen molar-refractivity contribution in [1.82, 2.24) is 19.5 Å². The van der Waals surface area contributed by atoms with E-state index in [4.69, 9.17) is 4.98 Å². The lowest BCUT2D eigenvalue weighted by molar-refractivity contribution is -0.129. The Bertz CT molecular complexity index is 973. The number of aromatic nitrogens is 3. The van der Waals surface area contributed by atoms with E-state index >= 15 is 0 Å². The zero-order valence-corrected chi connectivity index (χ0v) is 16.6. The Kier molecular flexibility index (Phi) is 5.07. The number of amides is 1. The number of fused-ring (bicyclic) bond motifs is 1. The summed E-state index contributed by atoms with van der Waals surface area (Å²) in [6.07, 6.45) is 7.99. The van der Waals surface area contributed by atoms with Crippen LogP contribution >= 0.6 is 11.3 Å². The molecule has 1 aliphatic rings. The summed E-state index contributed by atoms with van der Waals surface area (Å²) >= 11 is 1.56. The number of imidazole rings is 1.